The molecule has 1 heterocycles. The van der Waals surface area contributed by atoms with Crippen LogP contribution in [-0.4, -0.2) is 37.7 Å². The fourth-order valence-electron chi connectivity index (χ4n) is 1.22. The second-order valence-electron chi connectivity index (χ2n) is 3.35. The third-order valence-electron chi connectivity index (χ3n) is 1.96. The van der Waals surface area contributed by atoms with Crippen molar-refractivity contribution in [3.8, 4) is 0 Å². The summed E-state index contributed by atoms with van der Waals surface area (Å²) in [6.45, 7) is 6.20. The second-order valence-corrected chi connectivity index (χ2v) is 6.86. The van der Waals surface area contributed by atoms with Gasteiger partial charge in [-0.25, -0.2) is 0 Å². The Labute approximate surface area is 95.6 Å². The van der Waals surface area contributed by atoms with Gasteiger partial charge >= 0.3 is 7.60 Å². The second kappa shape index (κ2) is 6.92. The first-order valence-corrected chi connectivity index (χ1v) is 8.12. The summed E-state index contributed by atoms with van der Waals surface area (Å²) in [5.74, 6) is 1.59. The van der Waals surface area contributed by atoms with Crippen LogP contribution in [0.4, 0.5) is 0 Å². The molecule has 0 bridgehead atoms. The summed E-state index contributed by atoms with van der Waals surface area (Å²) in [5.41, 5.74) is 0.450. The monoisotopic (exact) mass is 254 g/mol. The van der Waals surface area contributed by atoms with Crippen molar-refractivity contribution in [1.82, 2.24) is 0 Å². The SMILES string of the molecule is CCOP(=O)(CSCC1COC1)OCC. The molecule has 0 spiro atoms. The van der Waals surface area contributed by atoms with Gasteiger partial charge in [-0.2, -0.15) is 0 Å². The molecule has 0 N–H and O–H groups in total. The molecule has 4 nitrogen and oxygen atoms in total. The van der Waals surface area contributed by atoms with E-state index >= 15 is 0 Å². The first-order chi connectivity index (χ1) is 7.20. The van der Waals surface area contributed by atoms with E-state index in [-0.39, 0.29) is 0 Å². The Hall–Kier alpha value is 0.460. The Bertz CT molecular complexity index is 210. The minimum absolute atomic E-state index is 0.435. The quantitative estimate of drug-likeness (QED) is 0.623. The summed E-state index contributed by atoms with van der Waals surface area (Å²) in [6, 6.07) is 0. The van der Waals surface area contributed by atoms with Gasteiger partial charge in [0.1, 0.15) is 0 Å². The zero-order valence-electron chi connectivity index (χ0n) is 9.31. The average molecular weight is 254 g/mol. The van der Waals surface area contributed by atoms with Crippen molar-refractivity contribution >= 4 is 19.4 Å². The van der Waals surface area contributed by atoms with E-state index in [1.165, 1.54) is 0 Å². The molecule has 1 rings (SSSR count). The summed E-state index contributed by atoms with van der Waals surface area (Å²) in [6.07, 6.45) is 0. The summed E-state index contributed by atoms with van der Waals surface area (Å²) < 4.78 is 27.4. The van der Waals surface area contributed by atoms with Gasteiger partial charge in [0.15, 0.2) is 0 Å². The van der Waals surface area contributed by atoms with Crippen LogP contribution >= 0.6 is 19.4 Å². The standard InChI is InChI=1S/C9H19O4PS/c1-3-12-14(10,13-4-2)8-15-7-9-5-11-6-9/h9H,3-8H2,1-2H3. The van der Waals surface area contributed by atoms with E-state index in [9.17, 15) is 4.57 Å². The summed E-state index contributed by atoms with van der Waals surface area (Å²) in [7, 11) is -2.84. The number of rotatable bonds is 8. The van der Waals surface area contributed by atoms with E-state index < -0.39 is 7.60 Å². The highest BCUT2D eigenvalue weighted by Gasteiger charge is 2.25. The lowest BCUT2D eigenvalue weighted by atomic mass is 10.1. The van der Waals surface area contributed by atoms with E-state index in [1.54, 1.807) is 11.8 Å². The summed E-state index contributed by atoms with van der Waals surface area (Å²) in [4.78, 5) is 0. The van der Waals surface area contributed by atoms with Gasteiger partial charge in [-0.1, -0.05) is 0 Å². The van der Waals surface area contributed by atoms with Crippen LogP contribution in [0.15, 0.2) is 0 Å². The van der Waals surface area contributed by atoms with E-state index in [4.69, 9.17) is 13.8 Å². The molecule has 1 aliphatic heterocycles. The van der Waals surface area contributed by atoms with Crippen LogP contribution in [-0.2, 0) is 18.3 Å². The van der Waals surface area contributed by atoms with Crippen LogP contribution in [0.25, 0.3) is 0 Å². The Kier molecular flexibility index (Phi) is 6.24. The summed E-state index contributed by atoms with van der Waals surface area (Å²) >= 11 is 1.63. The molecule has 0 aromatic heterocycles. The molecule has 6 heteroatoms. The molecule has 90 valence electrons. The maximum atomic E-state index is 12.0. The Morgan fingerprint density at radius 3 is 2.33 bits per heavy atom. The van der Waals surface area contributed by atoms with Crippen molar-refractivity contribution < 1.29 is 18.3 Å². The number of hydrogen-bond acceptors (Lipinski definition) is 5. The predicted molar refractivity (Wildman–Crippen MR) is 62.5 cm³/mol. The lowest BCUT2D eigenvalue weighted by Gasteiger charge is -2.26. The summed E-state index contributed by atoms with van der Waals surface area (Å²) in [5, 5.41) is 0. The lowest BCUT2D eigenvalue weighted by molar-refractivity contribution is -0.0196. The van der Waals surface area contributed by atoms with Crippen molar-refractivity contribution in [3.05, 3.63) is 0 Å². The van der Waals surface area contributed by atoms with Crippen LogP contribution in [0.5, 0.6) is 0 Å². The van der Waals surface area contributed by atoms with Crippen LogP contribution in [0.1, 0.15) is 13.8 Å². The third-order valence-corrected chi connectivity index (χ3v) is 5.97. The molecule has 0 atom stereocenters. The molecule has 0 aromatic carbocycles. The first kappa shape index (κ1) is 13.5. The predicted octanol–water partition coefficient (Wildman–Crippen LogP) is 2.59. The van der Waals surface area contributed by atoms with Crippen molar-refractivity contribution in [1.29, 1.82) is 0 Å². The van der Waals surface area contributed by atoms with Crippen molar-refractivity contribution in [2.75, 3.05) is 37.7 Å². The number of thioether (sulfide) groups is 1. The maximum Gasteiger partial charge on any atom is 0.340 e. The van der Waals surface area contributed by atoms with Crippen LogP contribution < -0.4 is 0 Å². The molecular formula is C9H19O4PS. The molecule has 1 saturated heterocycles. The van der Waals surface area contributed by atoms with Gasteiger partial charge < -0.3 is 13.8 Å². The van der Waals surface area contributed by atoms with Crippen molar-refractivity contribution in [3.63, 3.8) is 0 Å². The fraction of sp³-hybridized carbons (Fsp3) is 1.00. The number of hydrogen-bond donors (Lipinski definition) is 0. The van der Waals surface area contributed by atoms with E-state index in [1.807, 2.05) is 13.8 Å². The zero-order chi connectivity index (χ0) is 11.1. The van der Waals surface area contributed by atoms with Gasteiger partial charge in [-0.05, 0) is 13.8 Å². The third kappa shape index (κ3) is 4.87. The van der Waals surface area contributed by atoms with E-state index in [0.717, 1.165) is 19.0 Å². The fourth-order valence-corrected chi connectivity index (χ4v) is 4.52. The van der Waals surface area contributed by atoms with Gasteiger partial charge in [-0.3, -0.25) is 4.57 Å². The smallest absolute Gasteiger partial charge is 0.340 e. The highest BCUT2D eigenvalue weighted by Crippen LogP contribution is 2.51. The normalized spacial score (nSPS) is 17.7. The minimum atomic E-state index is -2.84. The molecule has 15 heavy (non-hydrogen) atoms. The molecule has 0 radical (unpaired) electrons. The largest absolute Gasteiger partial charge is 0.381 e. The van der Waals surface area contributed by atoms with Crippen molar-refractivity contribution in [2.24, 2.45) is 5.92 Å². The van der Waals surface area contributed by atoms with Gasteiger partial charge in [0, 0.05) is 11.7 Å². The highest BCUT2D eigenvalue weighted by atomic mass is 32.2. The van der Waals surface area contributed by atoms with Crippen LogP contribution in [0.2, 0.25) is 0 Å². The average Bonchev–Trinajstić information content (AvgIpc) is 2.10. The lowest BCUT2D eigenvalue weighted by Crippen LogP contribution is -2.29. The zero-order valence-corrected chi connectivity index (χ0v) is 11.0. The molecule has 0 amide bonds. The van der Waals surface area contributed by atoms with Crippen LogP contribution in [0, 0.1) is 5.92 Å². The van der Waals surface area contributed by atoms with E-state index in [2.05, 4.69) is 0 Å². The molecule has 0 unspecified atom stereocenters. The van der Waals surface area contributed by atoms with Crippen LogP contribution in [0.3, 0.4) is 0 Å². The minimum Gasteiger partial charge on any atom is -0.381 e. The Morgan fingerprint density at radius 2 is 1.93 bits per heavy atom. The molecular weight excluding hydrogens is 235 g/mol. The van der Waals surface area contributed by atoms with E-state index in [0.29, 0.717) is 24.6 Å². The number of ether oxygens (including phenoxy) is 1. The van der Waals surface area contributed by atoms with Crippen molar-refractivity contribution in [2.45, 2.75) is 13.8 Å². The molecule has 1 fully saturated rings. The Balaban J connectivity index is 2.20. The first-order valence-electron chi connectivity index (χ1n) is 5.23. The topological polar surface area (TPSA) is 44.8 Å². The highest BCUT2D eigenvalue weighted by molar-refractivity contribution is 8.04. The van der Waals surface area contributed by atoms with Gasteiger partial charge in [0.25, 0.3) is 0 Å². The van der Waals surface area contributed by atoms with Gasteiger partial charge in [0.05, 0.1) is 31.9 Å². The molecule has 0 aliphatic carbocycles. The molecule has 1 aliphatic rings. The van der Waals surface area contributed by atoms with Gasteiger partial charge in [0.2, 0.25) is 0 Å². The molecule has 0 saturated carbocycles. The maximum absolute atomic E-state index is 12.0. The molecule has 0 aromatic rings. The Morgan fingerprint density at radius 1 is 1.33 bits per heavy atom. The van der Waals surface area contributed by atoms with Gasteiger partial charge in [-0.15, -0.1) is 11.8 Å².